The van der Waals surface area contributed by atoms with Crippen LogP contribution in [-0.2, 0) is 16.4 Å². The Balaban J connectivity index is 0.000000125. The summed E-state index contributed by atoms with van der Waals surface area (Å²) in [5.74, 6) is 0.556. The van der Waals surface area contributed by atoms with Gasteiger partial charge in [0, 0.05) is 177 Å². The highest BCUT2D eigenvalue weighted by Gasteiger charge is 2.23. The van der Waals surface area contributed by atoms with Crippen molar-refractivity contribution in [2.75, 3.05) is 98.0 Å². The molecular formula is C76H78N16O4S. The molecular weight excluding hydrogens is 1230 g/mol. The summed E-state index contributed by atoms with van der Waals surface area (Å²) in [6, 6.07) is 55.4. The van der Waals surface area contributed by atoms with Gasteiger partial charge in [-0.25, -0.2) is 28.4 Å². The van der Waals surface area contributed by atoms with Gasteiger partial charge in [0.25, 0.3) is 5.91 Å². The van der Waals surface area contributed by atoms with E-state index < -0.39 is 9.84 Å². The van der Waals surface area contributed by atoms with E-state index in [9.17, 15) is 13.2 Å². The molecule has 0 atom stereocenters. The van der Waals surface area contributed by atoms with Crippen molar-refractivity contribution in [3.05, 3.63) is 224 Å². The third-order valence-electron chi connectivity index (χ3n) is 18.4. The monoisotopic (exact) mass is 1310 g/mol. The lowest BCUT2D eigenvalue weighted by Crippen LogP contribution is -2.48. The lowest BCUT2D eigenvalue weighted by Gasteiger charge is -2.38. The molecule has 8 aromatic heterocycles. The number of H-pyrrole nitrogens is 1. The number of pyridine rings is 4. The molecule has 3 aliphatic rings. The standard InChI is InChI=1S/C28H30N6.C26H30N6O.C22H18N4O3S/c1-20(2)32-15-17-33(18-16-32)24-6-4-23(5-7-24)31-26-9-10-27(34-14-13-30-28(26)34)22-3-8-25-21(19-22)11-12-29-25;1-3-13-30-15-17-31(18-16-30)22-6-4-21(5-7-22)29-23-8-9-24(32-14-12-28-26(23)32)20-10-11-27-25(19-20)33-2;1-30(28,29)17-5-3-16(4-6-17)25-19-8-9-20(26-11-10-23-21(19)26)14-2-7-18-15(12-14)13-24-22(18)27/h3-14,19-20,29,31H,15-18H2,1-2H3;4-12,14,19,29H,3,13,15-18H2,1-2H3;2-12,25H,13H2,1H3,(H,24,27). The summed E-state index contributed by atoms with van der Waals surface area (Å²) in [6.07, 6.45) is 17.5. The Morgan fingerprint density at radius 2 is 1.03 bits per heavy atom. The van der Waals surface area contributed by atoms with E-state index in [0.717, 1.165) is 148 Å². The van der Waals surface area contributed by atoms with Crippen molar-refractivity contribution in [1.82, 2.24) is 53.2 Å². The number of nitrogens with one attached hydrogen (secondary N) is 5. The minimum Gasteiger partial charge on any atom is -0.481 e. The number of rotatable bonds is 16. The zero-order chi connectivity index (χ0) is 66.6. The van der Waals surface area contributed by atoms with Gasteiger partial charge in [-0.1, -0.05) is 19.1 Å². The summed E-state index contributed by atoms with van der Waals surface area (Å²) < 4.78 is 34.8. The first kappa shape index (κ1) is 63.4. The van der Waals surface area contributed by atoms with Crippen LogP contribution in [0.1, 0.15) is 43.1 Å². The highest BCUT2D eigenvalue weighted by Crippen LogP contribution is 2.34. The van der Waals surface area contributed by atoms with Gasteiger partial charge >= 0.3 is 0 Å². The number of piperazine rings is 2. The Labute approximate surface area is 564 Å². The Bertz CT molecular complexity index is 5050. The minimum atomic E-state index is -3.23. The van der Waals surface area contributed by atoms with Crippen molar-refractivity contribution in [2.45, 2.75) is 44.7 Å². The van der Waals surface area contributed by atoms with Crippen molar-refractivity contribution in [1.29, 1.82) is 0 Å². The molecule has 0 saturated carbocycles. The van der Waals surface area contributed by atoms with Gasteiger partial charge in [-0.05, 0) is 189 Å². The number of hydrogen-bond donors (Lipinski definition) is 5. The number of aromatic amines is 1. The average Bonchev–Trinajstić information content (AvgIpc) is 1.72. The molecule has 0 bridgehead atoms. The summed E-state index contributed by atoms with van der Waals surface area (Å²) in [5, 5.41) is 14.5. The summed E-state index contributed by atoms with van der Waals surface area (Å²) in [7, 11) is -1.60. The second-order valence-electron chi connectivity index (χ2n) is 24.9. The highest BCUT2D eigenvalue weighted by molar-refractivity contribution is 7.90. The summed E-state index contributed by atoms with van der Waals surface area (Å²) in [5.41, 5.74) is 19.9. The van der Waals surface area contributed by atoms with Crippen LogP contribution in [-0.4, -0.2) is 141 Å². The van der Waals surface area contributed by atoms with E-state index in [2.05, 4.69) is 192 Å². The van der Waals surface area contributed by atoms with Crippen molar-refractivity contribution in [3.8, 4) is 39.7 Å². The largest absolute Gasteiger partial charge is 0.481 e. The van der Waals surface area contributed by atoms with Gasteiger partial charge in [0.1, 0.15) is 0 Å². The number of sulfone groups is 1. The topological polar surface area (TPSA) is 202 Å². The Hall–Kier alpha value is -11.0. The van der Waals surface area contributed by atoms with Crippen LogP contribution in [0.2, 0.25) is 0 Å². The first-order valence-corrected chi connectivity index (χ1v) is 34.8. The minimum absolute atomic E-state index is 0.0363. The van der Waals surface area contributed by atoms with Gasteiger partial charge in [-0.3, -0.25) is 27.8 Å². The second kappa shape index (κ2) is 27.8. The lowest BCUT2D eigenvalue weighted by molar-refractivity contribution is 0.0965. The molecule has 21 heteroatoms. The van der Waals surface area contributed by atoms with Crippen LogP contribution in [0.25, 0.3) is 61.6 Å². The van der Waals surface area contributed by atoms with Crippen LogP contribution in [0.4, 0.5) is 45.5 Å². The fourth-order valence-electron chi connectivity index (χ4n) is 13.1. The number of anilines is 8. The third kappa shape index (κ3) is 13.8. The maximum Gasteiger partial charge on any atom is 0.251 e. The van der Waals surface area contributed by atoms with Crippen LogP contribution < -0.4 is 35.8 Å². The molecule has 0 spiro atoms. The molecule has 0 unspecified atom stereocenters. The number of carbonyl (C=O) groups excluding carboxylic acids is 1. The predicted molar refractivity (Wildman–Crippen MR) is 389 cm³/mol. The van der Waals surface area contributed by atoms with Crippen LogP contribution in [0.3, 0.4) is 0 Å². The zero-order valence-corrected chi connectivity index (χ0v) is 55.8. The fourth-order valence-corrected chi connectivity index (χ4v) is 13.8. The molecule has 5 N–H and O–H groups in total. The smallest absolute Gasteiger partial charge is 0.251 e. The Kier molecular flexibility index (Phi) is 18.1. The molecule has 3 aliphatic heterocycles. The van der Waals surface area contributed by atoms with Crippen LogP contribution >= 0.6 is 0 Å². The Morgan fingerprint density at radius 1 is 0.536 bits per heavy atom. The zero-order valence-electron chi connectivity index (χ0n) is 55.0. The number of aromatic nitrogens is 8. The predicted octanol–water partition coefficient (Wildman–Crippen LogP) is 13.8. The molecule has 2 fully saturated rings. The van der Waals surface area contributed by atoms with E-state index in [1.165, 1.54) is 41.5 Å². The van der Waals surface area contributed by atoms with E-state index >= 15 is 0 Å². The number of nitrogens with zero attached hydrogens (tertiary/aromatic N) is 11. The Morgan fingerprint density at radius 3 is 1.54 bits per heavy atom. The maximum absolute atomic E-state index is 11.8. The molecule has 2 saturated heterocycles. The number of hydrogen-bond acceptors (Lipinski definition) is 15. The molecule has 1 amide bonds. The normalized spacial score (nSPS) is 14.3. The molecule has 5 aromatic carbocycles. The second-order valence-corrected chi connectivity index (χ2v) is 26.9. The van der Waals surface area contributed by atoms with Gasteiger partial charge in [0.15, 0.2) is 26.8 Å². The number of ether oxygens (including phenoxy) is 1. The van der Waals surface area contributed by atoms with E-state index in [1.54, 1.807) is 43.8 Å². The molecule has 11 heterocycles. The van der Waals surface area contributed by atoms with Gasteiger partial charge in [-0.2, -0.15) is 0 Å². The number of benzene rings is 5. The van der Waals surface area contributed by atoms with Crippen LogP contribution in [0.15, 0.2) is 218 Å². The quantitative estimate of drug-likeness (QED) is 0.0611. The van der Waals surface area contributed by atoms with Gasteiger partial charge < -0.3 is 40.8 Å². The fraction of sp³-hybridized carbons (Fsp3) is 0.224. The van der Waals surface area contributed by atoms with E-state index in [4.69, 9.17) is 4.74 Å². The summed E-state index contributed by atoms with van der Waals surface area (Å²) >= 11 is 0. The van der Waals surface area contributed by atoms with Crippen molar-refractivity contribution < 1.29 is 17.9 Å². The molecule has 97 heavy (non-hydrogen) atoms. The number of fused-ring (bicyclic) bond motifs is 5. The van der Waals surface area contributed by atoms with Crippen molar-refractivity contribution in [3.63, 3.8) is 0 Å². The van der Waals surface area contributed by atoms with Crippen molar-refractivity contribution in [2.24, 2.45) is 0 Å². The van der Waals surface area contributed by atoms with Gasteiger partial charge in [0.2, 0.25) is 5.88 Å². The number of carbonyl (C=O) groups is 1. The third-order valence-corrected chi connectivity index (χ3v) is 19.5. The average molecular weight is 1310 g/mol. The van der Waals surface area contributed by atoms with Crippen molar-refractivity contribution >= 4 is 89.1 Å². The summed E-state index contributed by atoms with van der Waals surface area (Å²) in [4.78, 5) is 43.3. The van der Waals surface area contributed by atoms with Gasteiger partial charge in [0.05, 0.1) is 46.1 Å². The molecule has 0 aliphatic carbocycles. The first-order valence-electron chi connectivity index (χ1n) is 33.0. The number of imidazole rings is 3. The SMILES string of the molecule is CC(C)N1CCN(c2ccc(Nc3ccc(-c4ccc5[nH]ccc5c4)n4ccnc34)cc2)CC1.CCCN1CCN(c2ccc(Nc3ccc(-c4ccnc(OC)c4)n4ccnc34)cc2)CC1.CS(=O)(=O)c1ccc(Nc2ccc(-c3ccc4c(c3)CNC4=O)n3ccnc23)cc1. The number of amides is 1. The van der Waals surface area contributed by atoms with E-state index in [1.807, 2.05) is 84.0 Å². The number of methoxy groups -OCH3 is 1. The molecule has 0 radical (unpaired) electrons. The summed E-state index contributed by atoms with van der Waals surface area (Å²) in [6.45, 7) is 17.4. The van der Waals surface area contributed by atoms with E-state index in [-0.39, 0.29) is 10.8 Å². The van der Waals surface area contributed by atoms with E-state index in [0.29, 0.717) is 18.5 Å². The highest BCUT2D eigenvalue weighted by atomic mass is 32.2. The molecule has 492 valence electrons. The lowest BCUT2D eigenvalue weighted by atomic mass is 10.0. The molecule has 20 nitrogen and oxygen atoms in total. The molecule has 13 aromatic rings. The molecule has 16 rings (SSSR count). The van der Waals surface area contributed by atoms with Gasteiger partial charge in [-0.15, -0.1) is 0 Å². The maximum atomic E-state index is 11.8. The van der Waals surface area contributed by atoms with Crippen LogP contribution in [0, 0.1) is 0 Å². The first-order chi connectivity index (χ1) is 47.3. The van der Waals surface area contributed by atoms with Crippen LogP contribution in [0.5, 0.6) is 5.88 Å².